The van der Waals surface area contributed by atoms with E-state index in [-0.39, 0.29) is 5.75 Å². The maximum absolute atomic E-state index is 12.0. The van der Waals surface area contributed by atoms with Crippen molar-refractivity contribution in [3.05, 3.63) is 29.8 Å². The van der Waals surface area contributed by atoms with Crippen LogP contribution in [0.2, 0.25) is 0 Å². The van der Waals surface area contributed by atoms with Crippen molar-refractivity contribution in [3.8, 4) is 0 Å². The van der Waals surface area contributed by atoms with Crippen LogP contribution in [0.15, 0.2) is 24.3 Å². The highest BCUT2D eigenvalue weighted by molar-refractivity contribution is 7.92. The van der Waals surface area contributed by atoms with Crippen molar-refractivity contribution in [2.45, 2.75) is 19.4 Å². The Hall–Kier alpha value is -1.07. The van der Waals surface area contributed by atoms with E-state index in [9.17, 15) is 8.42 Å². The lowest BCUT2D eigenvalue weighted by Crippen LogP contribution is -2.48. The van der Waals surface area contributed by atoms with Gasteiger partial charge >= 0.3 is 0 Å². The van der Waals surface area contributed by atoms with Crippen LogP contribution < -0.4 is 10.0 Å². The smallest absolute Gasteiger partial charge is 0.235 e. The van der Waals surface area contributed by atoms with Crippen LogP contribution in [0.3, 0.4) is 0 Å². The Labute approximate surface area is 96.1 Å². The minimum atomic E-state index is -3.10. The van der Waals surface area contributed by atoms with Crippen molar-refractivity contribution in [3.63, 3.8) is 0 Å². The van der Waals surface area contributed by atoms with Crippen molar-refractivity contribution >= 4 is 15.7 Å². The summed E-state index contributed by atoms with van der Waals surface area (Å²) in [5.74, 6) is 0.262. The van der Waals surface area contributed by atoms with Gasteiger partial charge < -0.3 is 5.73 Å². The summed E-state index contributed by atoms with van der Waals surface area (Å²) in [6, 6.07) is 7.59. The highest BCUT2D eigenvalue weighted by atomic mass is 32.2. The van der Waals surface area contributed by atoms with Gasteiger partial charge in [0.2, 0.25) is 10.0 Å². The third-order valence-electron chi connectivity index (χ3n) is 2.88. The zero-order valence-electron chi connectivity index (χ0n) is 9.22. The van der Waals surface area contributed by atoms with E-state index < -0.39 is 10.0 Å². The van der Waals surface area contributed by atoms with Gasteiger partial charge in [0.05, 0.1) is 11.4 Å². The van der Waals surface area contributed by atoms with Gasteiger partial charge in [0.1, 0.15) is 6.54 Å². The Bertz CT molecular complexity index is 471. The van der Waals surface area contributed by atoms with Crippen molar-refractivity contribution in [1.29, 1.82) is 0 Å². The largest absolute Gasteiger partial charge is 0.354 e. The van der Waals surface area contributed by atoms with Gasteiger partial charge in [-0.05, 0) is 18.9 Å². The topological polar surface area (TPSA) is 65.0 Å². The molecular weight excluding hydrogens is 224 g/mol. The molecular formula is C11H17N2O2S+. The third kappa shape index (κ3) is 2.05. The van der Waals surface area contributed by atoms with Gasteiger partial charge in [-0.15, -0.1) is 0 Å². The quantitative estimate of drug-likeness (QED) is 0.812. The van der Waals surface area contributed by atoms with Gasteiger partial charge in [0.25, 0.3) is 0 Å². The van der Waals surface area contributed by atoms with Crippen LogP contribution in [-0.4, -0.2) is 20.7 Å². The molecule has 1 heterocycles. The molecule has 5 heteroatoms. The van der Waals surface area contributed by atoms with E-state index in [1.54, 1.807) is 0 Å². The maximum Gasteiger partial charge on any atom is 0.235 e. The van der Waals surface area contributed by atoms with Crippen molar-refractivity contribution in [1.82, 2.24) is 0 Å². The SMILES string of the molecule is [NH3+]Cc1ccccc1N1CCCCS1(=O)=O. The molecule has 88 valence electrons. The molecule has 0 aromatic heterocycles. The number of quaternary nitrogens is 1. The number of hydrogen-bond donors (Lipinski definition) is 1. The zero-order chi connectivity index (χ0) is 11.6. The maximum atomic E-state index is 12.0. The molecule has 16 heavy (non-hydrogen) atoms. The number of anilines is 1. The van der Waals surface area contributed by atoms with Gasteiger partial charge in [-0.25, -0.2) is 8.42 Å². The first-order chi connectivity index (χ1) is 7.65. The van der Waals surface area contributed by atoms with Crippen LogP contribution in [0.25, 0.3) is 0 Å². The number of nitrogens with zero attached hydrogens (tertiary/aromatic N) is 1. The lowest BCUT2D eigenvalue weighted by atomic mass is 10.1. The van der Waals surface area contributed by atoms with Gasteiger partial charge in [-0.1, -0.05) is 18.2 Å². The first kappa shape index (κ1) is 11.4. The van der Waals surface area contributed by atoms with Crippen molar-refractivity contribution in [2.75, 3.05) is 16.6 Å². The predicted molar refractivity (Wildman–Crippen MR) is 63.4 cm³/mol. The van der Waals surface area contributed by atoms with Crippen LogP contribution in [0, 0.1) is 0 Å². The molecule has 0 aliphatic carbocycles. The molecule has 1 saturated heterocycles. The van der Waals surface area contributed by atoms with E-state index in [0.717, 1.165) is 24.1 Å². The van der Waals surface area contributed by atoms with Gasteiger partial charge in [0.15, 0.2) is 0 Å². The van der Waals surface area contributed by atoms with Gasteiger partial charge in [-0.2, -0.15) is 0 Å². The third-order valence-corrected chi connectivity index (χ3v) is 4.73. The molecule has 1 aromatic carbocycles. The summed E-state index contributed by atoms with van der Waals surface area (Å²) in [5, 5.41) is 0. The summed E-state index contributed by atoms with van der Waals surface area (Å²) in [6.07, 6.45) is 1.70. The van der Waals surface area contributed by atoms with E-state index in [1.165, 1.54) is 4.31 Å². The summed E-state index contributed by atoms with van der Waals surface area (Å²) >= 11 is 0. The van der Waals surface area contributed by atoms with Crippen LogP contribution in [-0.2, 0) is 16.6 Å². The average molecular weight is 241 g/mol. The molecule has 3 N–H and O–H groups in total. The molecule has 0 unspecified atom stereocenters. The molecule has 0 bridgehead atoms. The van der Waals surface area contributed by atoms with E-state index in [4.69, 9.17) is 0 Å². The highest BCUT2D eigenvalue weighted by Gasteiger charge is 2.27. The second-order valence-electron chi connectivity index (χ2n) is 3.97. The number of rotatable bonds is 2. The molecule has 0 radical (unpaired) electrons. The lowest BCUT2D eigenvalue weighted by Gasteiger charge is -2.29. The summed E-state index contributed by atoms with van der Waals surface area (Å²) in [6.45, 7) is 1.21. The molecule has 4 nitrogen and oxygen atoms in total. The fourth-order valence-corrected chi connectivity index (χ4v) is 3.70. The second kappa shape index (κ2) is 4.43. The normalized spacial score (nSPS) is 19.7. The minimum absolute atomic E-state index is 0.262. The first-order valence-electron chi connectivity index (χ1n) is 5.53. The van der Waals surface area contributed by atoms with Crippen LogP contribution in [0.4, 0.5) is 5.69 Å². The first-order valence-corrected chi connectivity index (χ1v) is 7.13. The molecule has 0 atom stereocenters. The molecule has 1 aliphatic rings. The Morgan fingerprint density at radius 1 is 1.25 bits per heavy atom. The lowest BCUT2D eigenvalue weighted by molar-refractivity contribution is -0.386. The van der Waals surface area contributed by atoms with Crippen LogP contribution >= 0.6 is 0 Å². The Morgan fingerprint density at radius 2 is 2.00 bits per heavy atom. The summed E-state index contributed by atoms with van der Waals surface area (Å²) in [4.78, 5) is 0. The van der Waals surface area contributed by atoms with Gasteiger partial charge in [0, 0.05) is 12.1 Å². The minimum Gasteiger partial charge on any atom is -0.354 e. The standard InChI is InChI=1S/C11H16N2O2S/c12-9-10-5-1-2-6-11(10)13-7-3-4-8-16(13,14)15/h1-2,5-6H,3-4,7-9,12H2/p+1. The fourth-order valence-electron chi connectivity index (χ4n) is 2.02. The summed E-state index contributed by atoms with van der Waals surface area (Å²) in [7, 11) is -3.10. The monoisotopic (exact) mass is 241 g/mol. The molecule has 2 rings (SSSR count). The summed E-state index contributed by atoms with van der Waals surface area (Å²) in [5.41, 5.74) is 5.63. The van der Waals surface area contributed by atoms with Crippen LogP contribution in [0.1, 0.15) is 18.4 Å². The summed E-state index contributed by atoms with van der Waals surface area (Å²) < 4.78 is 25.5. The fraction of sp³-hybridized carbons (Fsp3) is 0.455. The van der Waals surface area contributed by atoms with E-state index >= 15 is 0 Å². The molecule has 0 saturated carbocycles. The number of benzene rings is 1. The van der Waals surface area contributed by atoms with E-state index in [2.05, 4.69) is 5.73 Å². The van der Waals surface area contributed by atoms with E-state index in [0.29, 0.717) is 13.1 Å². The number of para-hydroxylation sites is 1. The molecule has 1 aromatic rings. The molecule has 1 fully saturated rings. The molecule has 0 spiro atoms. The second-order valence-corrected chi connectivity index (χ2v) is 5.99. The van der Waals surface area contributed by atoms with Crippen molar-refractivity contribution < 1.29 is 14.2 Å². The van der Waals surface area contributed by atoms with Gasteiger partial charge in [-0.3, -0.25) is 4.31 Å². The predicted octanol–water partition coefficient (Wildman–Crippen LogP) is 0.358. The van der Waals surface area contributed by atoms with Crippen molar-refractivity contribution in [2.24, 2.45) is 0 Å². The Balaban J connectivity index is 2.42. The Morgan fingerprint density at radius 3 is 2.69 bits per heavy atom. The molecule has 1 aliphatic heterocycles. The Kier molecular flexibility index (Phi) is 3.16. The number of hydrogen-bond acceptors (Lipinski definition) is 2. The zero-order valence-corrected chi connectivity index (χ0v) is 10.0. The molecule has 0 amide bonds. The van der Waals surface area contributed by atoms with E-state index in [1.807, 2.05) is 24.3 Å². The highest BCUT2D eigenvalue weighted by Crippen LogP contribution is 2.26. The number of sulfonamides is 1. The average Bonchev–Trinajstić information content (AvgIpc) is 2.28. The van der Waals surface area contributed by atoms with Crippen LogP contribution in [0.5, 0.6) is 0 Å².